The number of piperidine rings is 1. The summed E-state index contributed by atoms with van der Waals surface area (Å²) in [6.45, 7) is 6.83. The molecule has 2 aliphatic heterocycles. The van der Waals surface area contributed by atoms with Crippen LogP contribution >= 0.6 is 0 Å². The standard InChI is InChI=1S/C23H36N4O2/c1-19-9-11-20(12-10-19)24-22(28)17-25(2)23(29)18-26-13-7-8-21(16-26)27-14-5-3-4-6-15-27/h9-12,21H,3-8,13-18H2,1-2H3,(H,24,28). The molecule has 0 aliphatic carbocycles. The summed E-state index contributed by atoms with van der Waals surface area (Å²) in [5.41, 5.74) is 1.91. The van der Waals surface area contributed by atoms with Gasteiger partial charge >= 0.3 is 0 Å². The predicted molar refractivity (Wildman–Crippen MR) is 117 cm³/mol. The van der Waals surface area contributed by atoms with Crippen LogP contribution in [0, 0.1) is 6.92 Å². The number of carbonyl (C=O) groups is 2. The topological polar surface area (TPSA) is 55.9 Å². The van der Waals surface area contributed by atoms with Gasteiger partial charge in [-0.05, 0) is 64.4 Å². The van der Waals surface area contributed by atoms with E-state index in [1.807, 2.05) is 31.2 Å². The Bertz CT molecular complexity index is 668. The molecule has 0 saturated carbocycles. The zero-order chi connectivity index (χ0) is 20.6. The van der Waals surface area contributed by atoms with Gasteiger partial charge in [0.25, 0.3) is 0 Å². The Kier molecular flexibility index (Phi) is 8.07. The van der Waals surface area contributed by atoms with E-state index in [0.717, 1.165) is 30.8 Å². The zero-order valence-electron chi connectivity index (χ0n) is 18.0. The summed E-state index contributed by atoms with van der Waals surface area (Å²) in [5, 5.41) is 2.86. The van der Waals surface area contributed by atoms with E-state index < -0.39 is 0 Å². The first kappa shape index (κ1) is 21.8. The Morgan fingerprint density at radius 1 is 1.03 bits per heavy atom. The number of nitrogens with one attached hydrogen (secondary N) is 1. The molecule has 1 N–H and O–H groups in total. The van der Waals surface area contributed by atoms with E-state index in [-0.39, 0.29) is 18.4 Å². The molecule has 1 aromatic rings. The zero-order valence-corrected chi connectivity index (χ0v) is 18.0. The van der Waals surface area contributed by atoms with Gasteiger partial charge in [0.1, 0.15) is 0 Å². The summed E-state index contributed by atoms with van der Waals surface area (Å²) >= 11 is 0. The van der Waals surface area contributed by atoms with Crippen LogP contribution in [0.1, 0.15) is 44.1 Å². The highest BCUT2D eigenvalue weighted by atomic mass is 16.2. The quantitative estimate of drug-likeness (QED) is 0.798. The maximum absolute atomic E-state index is 12.7. The number of benzene rings is 1. The van der Waals surface area contributed by atoms with Crippen LogP contribution in [-0.4, -0.2) is 78.9 Å². The van der Waals surface area contributed by atoms with Crippen molar-refractivity contribution >= 4 is 17.5 Å². The monoisotopic (exact) mass is 400 g/mol. The number of likely N-dealkylation sites (N-methyl/N-ethyl adjacent to an activating group) is 1. The highest BCUT2D eigenvalue weighted by Crippen LogP contribution is 2.20. The molecule has 1 aromatic carbocycles. The van der Waals surface area contributed by atoms with E-state index in [4.69, 9.17) is 0 Å². The van der Waals surface area contributed by atoms with Crippen LogP contribution in [0.3, 0.4) is 0 Å². The molecule has 0 spiro atoms. The Morgan fingerprint density at radius 3 is 2.41 bits per heavy atom. The van der Waals surface area contributed by atoms with E-state index in [9.17, 15) is 9.59 Å². The lowest BCUT2D eigenvalue weighted by Gasteiger charge is -2.39. The van der Waals surface area contributed by atoms with Crippen molar-refractivity contribution in [3.63, 3.8) is 0 Å². The molecule has 160 valence electrons. The normalized spacial score (nSPS) is 21.4. The molecule has 6 nitrogen and oxygen atoms in total. The van der Waals surface area contributed by atoms with Crippen molar-refractivity contribution in [2.75, 3.05) is 51.6 Å². The fourth-order valence-corrected chi connectivity index (χ4v) is 4.39. The maximum atomic E-state index is 12.7. The molecule has 2 aliphatic rings. The molecule has 2 amide bonds. The number of hydrogen-bond acceptors (Lipinski definition) is 4. The summed E-state index contributed by atoms with van der Waals surface area (Å²) in [7, 11) is 1.72. The van der Waals surface area contributed by atoms with E-state index in [1.165, 1.54) is 45.2 Å². The van der Waals surface area contributed by atoms with Gasteiger partial charge in [0, 0.05) is 25.3 Å². The molecule has 1 atom stereocenters. The highest BCUT2D eigenvalue weighted by Gasteiger charge is 2.27. The number of amides is 2. The number of hydrogen-bond donors (Lipinski definition) is 1. The average Bonchev–Trinajstić information content (AvgIpc) is 2.99. The van der Waals surface area contributed by atoms with Crippen LogP contribution in [0.4, 0.5) is 5.69 Å². The van der Waals surface area contributed by atoms with Gasteiger partial charge in [-0.3, -0.25) is 19.4 Å². The molecule has 3 rings (SSSR count). The fraction of sp³-hybridized carbons (Fsp3) is 0.652. The molecule has 0 aromatic heterocycles. The van der Waals surface area contributed by atoms with Gasteiger partial charge in [-0.25, -0.2) is 0 Å². The minimum absolute atomic E-state index is 0.0144. The van der Waals surface area contributed by atoms with Crippen LogP contribution in [0.2, 0.25) is 0 Å². The fourth-order valence-electron chi connectivity index (χ4n) is 4.39. The third-order valence-corrected chi connectivity index (χ3v) is 6.14. The number of carbonyl (C=O) groups excluding carboxylic acids is 2. The van der Waals surface area contributed by atoms with Gasteiger partial charge in [-0.15, -0.1) is 0 Å². The van der Waals surface area contributed by atoms with Gasteiger partial charge in [-0.1, -0.05) is 30.5 Å². The third-order valence-electron chi connectivity index (χ3n) is 6.14. The molecule has 29 heavy (non-hydrogen) atoms. The smallest absolute Gasteiger partial charge is 0.243 e. The first-order chi connectivity index (χ1) is 14.0. The molecule has 1 unspecified atom stereocenters. The number of aryl methyl sites for hydroxylation is 1. The van der Waals surface area contributed by atoms with Crippen molar-refractivity contribution in [2.24, 2.45) is 0 Å². The van der Waals surface area contributed by atoms with Crippen LogP contribution in [0.15, 0.2) is 24.3 Å². The highest BCUT2D eigenvalue weighted by molar-refractivity contribution is 5.94. The predicted octanol–water partition coefficient (Wildman–Crippen LogP) is 2.73. The molecule has 2 heterocycles. The molecule has 6 heteroatoms. The second-order valence-electron chi connectivity index (χ2n) is 8.65. The molecule has 0 bridgehead atoms. The Hall–Kier alpha value is -1.92. The summed E-state index contributed by atoms with van der Waals surface area (Å²) in [6.07, 6.45) is 7.68. The molecular formula is C23H36N4O2. The second kappa shape index (κ2) is 10.7. The number of rotatable bonds is 6. The molecule has 2 fully saturated rings. The lowest BCUT2D eigenvalue weighted by molar-refractivity contribution is -0.134. The average molecular weight is 401 g/mol. The van der Waals surface area contributed by atoms with Crippen LogP contribution in [-0.2, 0) is 9.59 Å². The third kappa shape index (κ3) is 6.82. The first-order valence-electron chi connectivity index (χ1n) is 11.1. The molecule has 0 radical (unpaired) electrons. The summed E-state index contributed by atoms with van der Waals surface area (Å²) < 4.78 is 0. The van der Waals surface area contributed by atoms with Crippen LogP contribution < -0.4 is 5.32 Å². The first-order valence-corrected chi connectivity index (χ1v) is 11.1. The van der Waals surface area contributed by atoms with Gasteiger partial charge in [-0.2, -0.15) is 0 Å². The Balaban J connectivity index is 1.44. The van der Waals surface area contributed by atoms with Crippen molar-refractivity contribution in [3.05, 3.63) is 29.8 Å². The summed E-state index contributed by atoms with van der Waals surface area (Å²) in [5.74, 6) is -0.147. The largest absolute Gasteiger partial charge is 0.335 e. The summed E-state index contributed by atoms with van der Waals surface area (Å²) in [6, 6.07) is 8.26. The number of anilines is 1. The van der Waals surface area contributed by atoms with E-state index in [2.05, 4.69) is 15.1 Å². The van der Waals surface area contributed by atoms with Crippen molar-refractivity contribution in [1.29, 1.82) is 0 Å². The lowest BCUT2D eigenvalue weighted by atomic mass is 10.0. The van der Waals surface area contributed by atoms with Crippen molar-refractivity contribution in [3.8, 4) is 0 Å². The van der Waals surface area contributed by atoms with E-state index >= 15 is 0 Å². The maximum Gasteiger partial charge on any atom is 0.243 e. The Morgan fingerprint density at radius 2 is 1.72 bits per heavy atom. The summed E-state index contributed by atoms with van der Waals surface area (Å²) in [4.78, 5) is 31.4. The molecular weight excluding hydrogens is 364 g/mol. The SMILES string of the molecule is Cc1ccc(NC(=O)CN(C)C(=O)CN2CCCC(N3CCCCCC3)C2)cc1. The lowest BCUT2D eigenvalue weighted by Crippen LogP contribution is -2.51. The number of likely N-dealkylation sites (tertiary alicyclic amines) is 2. The van der Waals surface area contributed by atoms with Gasteiger partial charge in [0.15, 0.2) is 0 Å². The van der Waals surface area contributed by atoms with Crippen LogP contribution in [0.25, 0.3) is 0 Å². The van der Waals surface area contributed by atoms with Gasteiger partial charge in [0.05, 0.1) is 13.1 Å². The van der Waals surface area contributed by atoms with E-state index in [0.29, 0.717) is 12.6 Å². The molecule has 2 saturated heterocycles. The second-order valence-corrected chi connectivity index (χ2v) is 8.65. The van der Waals surface area contributed by atoms with Crippen molar-refractivity contribution in [1.82, 2.24) is 14.7 Å². The van der Waals surface area contributed by atoms with Gasteiger partial charge in [0.2, 0.25) is 11.8 Å². The van der Waals surface area contributed by atoms with Gasteiger partial charge < -0.3 is 10.2 Å². The minimum Gasteiger partial charge on any atom is -0.335 e. The van der Waals surface area contributed by atoms with Crippen LogP contribution in [0.5, 0.6) is 0 Å². The van der Waals surface area contributed by atoms with Crippen molar-refractivity contribution < 1.29 is 9.59 Å². The van der Waals surface area contributed by atoms with E-state index in [1.54, 1.807) is 11.9 Å². The Labute approximate surface area is 175 Å². The van der Waals surface area contributed by atoms with Crippen molar-refractivity contribution in [2.45, 2.75) is 51.5 Å². The number of nitrogens with zero attached hydrogens (tertiary/aromatic N) is 3. The minimum atomic E-state index is -0.161.